The Morgan fingerprint density at radius 1 is 1.03 bits per heavy atom. The third kappa shape index (κ3) is 6.01. The summed E-state index contributed by atoms with van der Waals surface area (Å²) in [6.45, 7) is 1.01. The monoisotopic (exact) mass is 514 g/mol. The molecule has 1 aliphatic rings. The molecule has 1 N–H and O–H groups in total. The topological polar surface area (TPSA) is 94.2 Å². The molecule has 0 saturated carbocycles. The molecule has 0 radical (unpaired) electrons. The van der Waals surface area contributed by atoms with Crippen LogP contribution in [0.15, 0.2) is 60.7 Å². The highest BCUT2D eigenvalue weighted by Gasteiger charge is 2.27. The molecule has 4 rings (SSSR count). The Labute approximate surface area is 209 Å². The molecule has 0 aromatic heterocycles. The van der Waals surface area contributed by atoms with Crippen molar-refractivity contribution < 1.29 is 31.8 Å². The fourth-order valence-electron chi connectivity index (χ4n) is 4.00. The SMILES string of the molecule is COCCOCOc1ccc(N2CCc3cc(-c4ccccc4F)ccc3C2=O)cc1NS(C)(=O)=O. The Bertz CT molecular complexity index is 1360. The van der Waals surface area contributed by atoms with Crippen molar-refractivity contribution in [1.82, 2.24) is 0 Å². The predicted molar refractivity (Wildman–Crippen MR) is 135 cm³/mol. The lowest BCUT2D eigenvalue weighted by molar-refractivity contribution is -0.00813. The number of ether oxygens (including phenoxy) is 3. The fraction of sp³-hybridized carbons (Fsp3) is 0.269. The summed E-state index contributed by atoms with van der Waals surface area (Å²) in [6.07, 6.45) is 1.60. The van der Waals surface area contributed by atoms with Crippen molar-refractivity contribution in [2.24, 2.45) is 0 Å². The van der Waals surface area contributed by atoms with E-state index < -0.39 is 10.0 Å². The van der Waals surface area contributed by atoms with Gasteiger partial charge in [0, 0.05) is 30.5 Å². The summed E-state index contributed by atoms with van der Waals surface area (Å²) >= 11 is 0. The van der Waals surface area contributed by atoms with Crippen LogP contribution >= 0.6 is 0 Å². The van der Waals surface area contributed by atoms with E-state index in [2.05, 4.69) is 4.72 Å². The summed E-state index contributed by atoms with van der Waals surface area (Å²) in [5.74, 6) is -0.280. The van der Waals surface area contributed by atoms with Crippen molar-refractivity contribution in [2.45, 2.75) is 6.42 Å². The molecule has 3 aromatic rings. The predicted octanol–water partition coefficient (Wildman–Crippen LogP) is 4.07. The van der Waals surface area contributed by atoms with Crippen LogP contribution in [0.1, 0.15) is 15.9 Å². The number of anilines is 2. The lowest BCUT2D eigenvalue weighted by Gasteiger charge is -2.29. The van der Waals surface area contributed by atoms with E-state index in [0.29, 0.717) is 48.6 Å². The summed E-state index contributed by atoms with van der Waals surface area (Å²) in [6, 6.07) is 16.6. The van der Waals surface area contributed by atoms with Gasteiger partial charge in [0.1, 0.15) is 11.6 Å². The molecule has 0 spiro atoms. The van der Waals surface area contributed by atoms with Gasteiger partial charge in [-0.15, -0.1) is 0 Å². The van der Waals surface area contributed by atoms with E-state index in [-0.39, 0.29) is 30.0 Å². The molecule has 8 nitrogen and oxygen atoms in total. The van der Waals surface area contributed by atoms with Crippen LogP contribution in [0, 0.1) is 5.82 Å². The second kappa shape index (κ2) is 11.1. The third-order valence-electron chi connectivity index (χ3n) is 5.67. The Hall–Kier alpha value is -3.47. The molecule has 10 heteroatoms. The van der Waals surface area contributed by atoms with Crippen molar-refractivity contribution >= 4 is 27.3 Å². The Morgan fingerprint density at radius 2 is 1.83 bits per heavy atom. The van der Waals surface area contributed by atoms with E-state index in [1.807, 2.05) is 6.07 Å². The first-order valence-corrected chi connectivity index (χ1v) is 13.2. The zero-order valence-corrected chi connectivity index (χ0v) is 20.8. The number of methoxy groups -OCH3 is 1. The minimum absolute atomic E-state index is 0.0957. The van der Waals surface area contributed by atoms with Gasteiger partial charge in [0.25, 0.3) is 5.91 Å². The highest BCUT2D eigenvalue weighted by Crippen LogP contribution is 2.34. The average Bonchev–Trinajstić information content (AvgIpc) is 2.84. The second-order valence-corrected chi connectivity index (χ2v) is 10.0. The number of rotatable bonds is 10. The normalized spacial score (nSPS) is 13.4. The molecule has 3 aromatic carbocycles. The minimum atomic E-state index is -3.61. The highest BCUT2D eigenvalue weighted by atomic mass is 32.2. The second-order valence-electron chi connectivity index (χ2n) is 8.28. The number of amides is 1. The van der Waals surface area contributed by atoms with E-state index >= 15 is 0 Å². The summed E-state index contributed by atoms with van der Waals surface area (Å²) < 4.78 is 56.3. The van der Waals surface area contributed by atoms with Crippen LogP contribution in [0.3, 0.4) is 0 Å². The van der Waals surface area contributed by atoms with Crippen LogP contribution in [-0.4, -0.2) is 54.2 Å². The number of nitrogens with zero attached hydrogens (tertiary/aromatic N) is 1. The summed E-state index contributed by atoms with van der Waals surface area (Å²) in [5.41, 5.74) is 3.25. The summed E-state index contributed by atoms with van der Waals surface area (Å²) in [5, 5.41) is 0. The van der Waals surface area contributed by atoms with Crippen LogP contribution in [-0.2, 0) is 25.9 Å². The molecule has 1 heterocycles. The van der Waals surface area contributed by atoms with Gasteiger partial charge in [-0.1, -0.05) is 30.3 Å². The highest BCUT2D eigenvalue weighted by molar-refractivity contribution is 7.92. The molecular weight excluding hydrogens is 487 g/mol. The molecule has 0 fully saturated rings. The molecule has 1 aliphatic heterocycles. The number of benzene rings is 3. The van der Waals surface area contributed by atoms with E-state index in [4.69, 9.17) is 14.2 Å². The summed E-state index contributed by atoms with van der Waals surface area (Å²) in [7, 11) is -2.05. The van der Waals surface area contributed by atoms with E-state index in [1.165, 1.54) is 6.07 Å². The van der Waals surface area contributed by atoms with E-state index in [9.17, 15) is 17.6 Å². The first-order valence-electron chi connectivity index (χ1n) is 11.3. The molecule has 0 unspecified atom stereocenters. The molecular formula is C26H27FN2O6S. The van der Waals surface area contributed by atoms with Crippen molar-refractivity contribution in [3.63, 3.8) is 0 Å². The molecule has 36 heavy (non-hydrogen) atoms. The van der Waals surface area contributed by atoms with Gasteiger partial charge in [-0.2, -0.15) is 0 Å². The van der Waals surface area contributed by atoms with Crippen LogP contribution in [0.25, 0.3) is 11.1 Å². The van der Waals surface area contributed by atoms with E-state index in [1.54, 1.807) is 60.5 Å². The van der Waals surface area contributed by atoms with Gasteiger partial charge in [0.15, 0.2) is 6.79 Å². The number of fused-ring (bicyclic) bond motifs is 1. The zero-order chi connectivity index (χ0) is 25.7. The lowest BCUT2D eigenvalue weighted by Crippen LogP contribution is -2.37. The maximum Gasteiger partial charge on any atom is 0.258 e. The number of carbonyl (C=O) groups is 1. The van der Waals surface area contributed by atoms with Crippen molar-refractivity contribution in [1.29, 1.82) is 0 Å². The number of sulfonamides is 1. The average molecular weight is 515 g/mol. The molecule has 0 saturated heterocycles. The lowest BCUT2D eigenvalue weighted by atomic mass is 9.93. The van der Waals surface area contributed by atoms with Gasteiger partial charge in [-0.05, 0) is 47.9 Å². The van der Waals surface area contributed by atoms with Crippen LogP contribution in [0.4, 0.5) is 15.8 Å². The fourth-order valence-corrected chi connectivity index (χ4v) is 4.55. The van der Waals surface area contributed by atoms with Gasteiger partial charge in [0.05, 0.1) is 25.2 Å². The quantitative estimate of drug-likeness (QED) is 0.324. The van der Waals surface area contributed by atoms with Crippen LogP contribution in [0.5, 0.6) is 5.75 Å². The largest absolute Gasteiger partial charge is 0.465 e. The van der Waals surface area contributed by atoms with Crippen LogP contribution in [0.2, 0.25) is 0 Å². The number of carbonyl (C=O) groups excluding carboxylic acids is 1. The zero-order valence-electron chi connectivity index (χ0n) is 20.0. The molecule has 1 amide bonds. The maximum absolute atomic E-state index is 14.2. The van der Waals surface area contributed by atoms with Gasteiger partial charge in [0.2, 0.25) is 10.0 Å². The van der Waals surface area contributed by atoms with Crippen molar-refractivity contribution in [3.8, 4) is 16.9 Å². The smallest absolute Gasteiger partial charge is 0.258 e. The number of hydrogen-bond donors (Lipinski definition) is 1. The standard InChI is InChI=1S/C26H27FN2O6S/c1-33-13-14-34-17-35-25-10-8-20(16-24(25)28-36(2,31)32)29-12-11-19-15-18(7-9-22(19)26(29)30)21-5-3-4-6-23(21)27/h3-10,15-16,28H,11-14,17H2,1-2H3. The van der Waals surface area contributed by atoms with Gasteiger partial charge in [-0.25, -0.2) is 12.8 Å². The van der Waals surface area contributed by atoms with Gasteiger partial charge >= 0.3 is 0 Å². The van der Waals surface area contributed by atoms with Crippen molar-refractivity contribution in [2.75, 3.05) is 49.5 Å². The third-order valence-corrected chi connectivity index (χ3v) is 6.26. The Morgan fingerprint density at radius 3 is 2.58 bits per heavy atom. The Balaban J connectivity index is 1.57. The van der Waals surface area contributed by atoms with Gasteiger partial charge in [-0.3, -0.25) is 9.52 Å². The number of halogens is 1. The van der Waals surface area contributed by atoms with Crippen LogP contribution < -0.4 is 14.4 Å². The first kappa shape index (κ1) is 25.6. The molecule has 0 atom stereocenters. The molecule has 190 valence electrons. The maximum atomic E-state index is 14.2. The number of hydrogen-bond acceptors (Lipinski definition) is 6. The molecule has 0 aliphatic carbocycles. The Kier molecular flexibility index (Phi) is 7.88. The molecule has 0 bridgehead atoms. The van der Waals surface area contributed by atoms with Crippen molar-refractivity contribution in [3.05, 3.63) is 77.6 Å². The number of nitrogens with one attached hydrogen (secondary N) is 1. The van der Waals surface area contributed by atoms with E-state index in [0.717, 1.165) is 11.8 Å². The first-order chi connectivity index (χ1) is 17.3. The summed E-state index contributed by atoms with van der Waals surface area (Å²) in [4.78, 5) is 14.9. The van der Waals surface area contributed by atoms with Gasteiger partial charge < -0.3 is 19.1 Å². The minimum Gasteiger partial charge on any atom is -0.465 e.